The maximum atomic E-state index is 12.1. The summed E-state index contributed by atoms with van der Waals surface area (Å²) in [5.41, 5.74) is 0.911. The summed E-state index contributed by atoms with van der Waals surface area (Å²) < 4.78 is 16.8. The highest BCUT2D eigenvalue weighted by atomic mass is 16.6. The third-order valence-electron chi connectivity index (χ3n) is 3.92. The van der Waals surface area contributed by atoms with E-state index in [1.165, 1.54) is 0 Å². The molecule has 0 N–H and O–H groups in total. The van der Waals surface area contributed by atoms with Crippen molar-refractivity contribution in [2.24, 2.45) is 0 Å². The minimum atomic E-state index is -0.499. The monoisotopic (exact) mass is 344 g/mol. The molecule has 0 atom stereocenters. The Morgan fingerprint density at radius 1 is 1.32 bits per heavy atom. The third-order valence-corrected chi connectivity index (χ3v) is 3.92. The molecule has 1 fully saturated rings. The molecule has 1 aromatic carbocycles. The fourth-order valence-electron chi connectivity index (χ4n) is 2.75. The van der Waals surface area contributed by atoms with Gasteiger partial charge >= 0.3 is 6.09 Å². The molecule has 1 aromatic rings. The van der Waals surface area contributed by atoms with Crippen LogP contribution < -0.4 is 14.9 Å². The second-order valence-electron chi connectivity index (χ2n) is 7.24. The fraction of sp³-hybridized carbons (Fsp3) is 0.556. The molecule has 0 radical (unpaired) electrons. The van der Waals surface area contributed by atoms with Crippen molar-refractivity contribution in [3.63, 3.8) is 0 Å². The zero-order valence-corrected chi connectivity index (χ0v) is 15.6. The van der Waals surface area contributed by atoms with Gasteiger partial charge in [-0.3, -0.25) is 0 Å². The van der Waals surface area contributed by atoms with Gasteiger partial charge in [-0.15, -0.1) is 0 Å². The lowest BCUT2D eigenvalue weighted by molar-refractivity contribution is 0.0124. The molecule has 25 heavy (non-hydrogen) atoms. The minimum Gasteiger partial charge on any atom is -0.493 e. The van der Waals surface area contributed by atoms with Gasteiger partial charge in [-0.25, -0.2) is 4.79 Å². The first kappa shape index (κ1) is 19.0. The number of carbonyl (C=O) groups excluding carboxylic acids is 1. The van der Waals surface area contributed by atoms with Crippen molar-refractivity contribution in [1.82, 2.24) is 4.90 Å². The smallest absolute Gasteiger partial charge is 0.410 e. The average molecular weight is 344 g/mol. The van der Waals surface area contributed by atoms with E-state index < -0.39 is 5.60 Å². The lowest BCUT2D eigenvalue weighted by Gasteiger charge is -2.33. The van der Waals surface area contributed by atoms with Crippen LogP contribution in [0.5, 0.6) is 11.5 Å². The Morgan fingerprint density at radius 2 is 1.96 bits per heavy atom. The van der Waals surface area contributed by atoms with E-state index in [0.29, 0.717) is 43.0 Å². The Labute approximate surface area is 150 Å². The van der Waals surface area contributed by atoms with Crippen molar-refractivity contribution in [2.45, 2.75) is 45.3 Å². The van der Waals surface area contributed by atoms with Crippen LogP contribution in [0.2, 0.25) is 0 Å². The number of likely N-dealkylation sites (tertiary alicyclic amines) is 1. The summed E-state index contributed by atoms with van der Waals surface area (Å²) in [4.78, 5) is 13.8. The van der Waals surface area contributed by atoms with Gasteiger partial charge in [0.1, 0.15) is 25.6 Å². The van der Waals surface area contributed by atoms with Crippen LogP contribution in [0.4, 0.5) is 4.79 Å². The van der Waals surface area contributed by atoms with Crippen LogP contribution >= 0.6 is 0 Å². The number of hydrogen-bond acceptors (Lipinski definition) is 5. The van der Waals surface area contributed by atoms with Gasteiger partial charge in [-0.2, -0.15) is 5.26 Å². The molecular formula is C18H25BN2O4. The summed E-state index contributed by atoms with van der Waals surface area (Å²) in [6.45, 7) is 6.70. The van der Waals surface area contributed by atoms with E-state index >= 15 is 0 Å². The van der Waals surface area contributed by atoms with E-state index in [1.54, 1.807) is 18.1 Å². The number of ether oxygens (including phenoxy) is 3. The van der Waals surface area contributed by atoms with Crippen LogP contribution in [0.3, 0.4) is 0 Å². The first-order valence-electron chi connectivity index (χ1n) is 8.47. The number of nitrogens with zero attached hydrogens (tertiary/aromatic N) is 2. The highest BCUT2D eigenvalue weighted by Crippen LogP contribution is 2.32. The quantitative estimate of drug-likeness (QED) is 0.779. The van der Waals surface area contributed by atoms with Crippen LogP contribution in [-0.4, -0.2) is 50.7 Å². The topological polar surface area (TPSA) is 71.8 Å². The molecule has 134 valence electrons. The second-order valence-corrected chi connectivity index (χ2v) is 7.24. The predicted molar refractivity (Wildman–Crippen MR) is 97.3 cm³/mol. The summed E-state index contributed by atoms with van der Waals surface area (Å²) in [6, 6.07) is 5.80. The number of benzene rings is 1. The Hall–Kier alpha value is -2.36. The molecule has 1 amide bonds. The van der Waals surface area contributed by atoms with Crippen LogP contribution in [0.1, 0.15) is 39.2 Å². The molecular weight excluding hydrogens is 319 g/mol. The number of rotatable bonds is 3. The van der Waals surface area contributed by atoms with Gasteiger partial charge in [0, 0.05) is 25.9 Å². The molecule has 6 nitrogen and oxygen atoms in total. The lowest BCUT2D eigenvalue weighted by Crippen LogP contribution is -2.44. The highest BCUT2D eigenvalue weighted by molar-refractivity contribution is 6.32. The summed E-state index contributed by atoms with van der Waals surface area (Å²) in [6.07, 6.45) is 1.00. The summed E-state index contributed by atoms with van der Waals surface area (Å²) in [7, 11) is 3.47. The van der Waals surface area contributed by atoms with Crippen LogP contribution in [-0.2, 0) is 4.74 Å². The van der Waals surface area contributed by atoms with E-state index in [0.717, 1.165) is 5.46 Å². The molecule has 1 saturated heterocycles. The molecule has 0 spiro atoms. The van der Waals surface area contributed by atoms with Gasteiger partial charge in [0.15, 0.2) is 11.5 Å². The van der Waals surface area contributed by atoms with Crippen LogP contribution in [0.15, 0.2) is 12.1 Å². The Balaban J connectivity index is 2.01. The zero-order chi connectivity index (χ0) is 18.6. The van der Waals surface area contributed by atoms with E-state index in [1.807, 2.05) is 34.7 Å². The summed E-state index contributed by atoms with van der Waals surface area (Å²) in [5, 5.41) is 9.36. The highest BCUT2D eigenvalue weighted by Gasteiger charge is 2.28. The standard InChI is InChI=1S/C18H25BN2O4/c1-18(2,3)25-17(22)21-7-5-14(6-8-21)24-16-12(11-20)9-13(19)10-15(16)23-4/h9-10,14H,5-8,19H2,1-4H3. The number of methoxy groups -OCH3 is 1. The molecule has 0 bridgehead atoms. The first-order chi connectivity index (χ1) is 11.7. The molecule has 1 aliphatic rings. The fourth-order valence-corrected chi connectivity index (χ4v) is 2.75. The number of hydrogen-bond donors (Lipinski definition) is 0. The van der Waals surface area contributed by atoms with E-state index in [-0.39, 0.29) is 12.2 Å². The average Bonchev–Trinajstić information content (AvgIpc) is 2.55. The van der Waals surface area contributed by atoms with Crippen molar-refractivity contribution in [2.75, 3.05) is 20.2 Å². The molecule has 2 rings (SSSR count). The van der Waals surface area contributed by atoms with E-state index in [4.69, 9.17) is 14.2 Å². The SMILES string of the molecule is Bc1cc(C#N)c(OC2CCN(C(=O)OC(C)(C)C)CC2)c(OC)c1. The lowest BCUT2D eigenvalue weighted by atomic mass is 9.93. The molecule has 7 heteroatoms. The van der Waals surface area contributed by atoms with Gasteiger partial charge in [0.2, 0.25) is 0 Å². The maximum Gasteiger partial charge on any atom is 0.410 e. The Bertz CT molecular complexity index is 671. The van der Waals surface area contributed by atoms with Gasteiger partial charge < -0.3 is 19.1 Å². The molecule has 0 aromatic heterocycles. The zero-order valence-electron chi connectivity index (χ0n) is 15.6. The minimum absolute atomic E-state index is 0.0672. The molecule has 1 aliphatic heterocycles. The Morgan fingerprint density at radius 3 is 2.48 bits per heavy atom. The van der Waals surface area contributed by atoms with Gasteiger partial charge in [-0.1, -0.05) is 5.46 Å². The molecule has 0 unspecified atom stereocenters. The molecule has 0 aliphatic carbocycles. The number of amides is 1. The number of carbonyl (C=O) groups is 1. The van der Waals surface area contributed by atoms with Crippen molar-refractivity contribution < 1.29 is 19.0 Å². The predicted octanol–water partition coefficient (Wildman–Crippen LogP) is 1.60. The Kier molecular flexibility index (Phi) is 5.83. The van der Waals surface area contributed by atoms with Gasteiger partial charge in [0.05, 0.1) is 12.7 Å². The van der Waals surface area contributed by atoms with Crippen LogP contribution in [0, 0.1) is 11.3 Å². The normalized spacial score (nSPS) is 15.4. The number of nitriles is 1. The molecule has 1 heterocycles. The van der Waals surface area contributed by atoms with Crippen molar-refractivity contribution >= 4 is 19.4 Å². The number of piperidine rings is 1. The van der Waals surface area contributed by atoms with Gasteiger partial charge in [-0.05, 0) is 32.9 Å². The van der Waals surface area contributed by atoms with Gasteiger partial charge in [0.25, 0.3) is 0 Å². The summed E-state index contributed by atoms with van der Waals surface area (Å²) >= 11 is 0. The van der Waals surface area contributed by atoms with Crippen LogP contribution in [0.25, 0.3) is 0 Å². The first-order valence-corrected chi connectivity index (χ1v) is 8.47. The third kappa shape index (κ3) is 5.06. The summed E-state index contributed by atoms with van der Waals surface area (Å²) in [5.74, 6) is 1.04. The van der Waals surface area contributed by atoms with Crippen molar-refractivity contribution in [3.05, 3.63) is 17.7 Å². The van der Waals surface area contributed by atoms with E-state index in [2.05, 4.69) is 6.07 Å². The van der Waals surface area contributed by atoms with E-state index in [9.17, 15) is 10.1 Å². The molecule has 0 saturated carbocycles. The maximum absolute atomic E-state index is 12.1. The largest absolute Gasteiger partial charge is 0.493 e. The van der Waals surface area contributed by atoms with Crippen molar-refractivity contribution in [3.8, 4) is 17.6 Å². The second kappa shape index (κ2) is 7.69. The van der Waals surface area contributed by atoms with Crippen molar-refractivity contribution in [1.29, 1.82) is 5.26 Å².